The van der Waals surface area contributed by atoms with Crippen LogP contribution in [0.15, 0.2) is 60.9 Å². The first kappa shape index (κ1) is 24.0. The van der Waals surface area contributed by atoms with Crippen LogP contribution in [0.1, 0.15) is 23.5 Å². The Morgan fingerprint density at radius 1 is 1.18 bits per heavy atom. The summed E-state index contributed by atoms with van der Waals surface area (Å²) >= 11 is 5.78. The molecule has 2 atom stereocenters. The van der Waals surface area contributed by atoms with Crippen molar-refractivity contribution in [2.45, 2.75) is 18.6 Å². The predicted molar refractivity (Wildman–Crippen MR) is 136 cm³/mol. The van der Waals surface area contributed by atoms with Crippen molar-refractivity contribution in [3.05, 3.63) is 72.3 Å². The van der Waals surface area contributed by atoms with Crippen molar-refractivity contribution in [1.82, 2.24) is 14.9 Å². The molecule has 0 radical (unpaired) electrons. The van der Waals surface area contributed by atoms with Crippen LogP contribution in [-0.2, 0) is 21.3 Å². The highest BCUT2D eigenvalue weighted by Gasteiger charge is 2.42. The molecular formula is C23H27N5O4S2. The minimum atomic E-state index is -3.46. The van der Waals surface area contributed by atoms with E-state index in [1.54, 1.807) is 25.4 Å². The maximum atomic E-state index is 11.8. The molecule has 180 valence electrons. The number of aromatic nitrogens is 2. The molecule has 0 spiro atoms. The van der Waals surface area contributed by atoms with Crippen LogP contribution in [-0.4, -0.2) is 50.2 Å². The van der Waals surface area contributed by atoms with E-state index in [2.05, 4.69) is 25.7 Å². The van der Waals surface area contributed by atoms with Crippen molar-refractivity contribution >= 4 is 38.7 Å². The molecule has 2 N–H and O–H groups in total. The van der Waals surface area contributed by atoms with Crippen LogP contribution in [0, 0.1) is 0 Å². The Balaban J connectivity index is 1.80. The van der Waals surface area contributed by atoms with Gasteiger partial charge < -0.3 is 24.3 Å². The Labute approximate surface area is 204 Å². The van der Waals surface area contributed by atoms with Crippen LogP contribution < -0.4 is 19.7 Å². The minimum Gasteiger partial charge on any atom is -0.494 e. The van der Waals surface area contributed by atoms with Gasteiger partial charge in [-0.15, -0.1) is 0 Å². The summed E-state index contributed by atoms with van der Waals surface area (Å²) in [6.07, 6.45) is 4.88. The van der Waals surface area contributed by atoms with Crippen LogP contribution in [0.2, 0.25) is 0 Å². The third kappa shape index (κ3) is 5.01. The first-order chi connectivity index (χ1) is 16.3. The highest BCUT2D eigenvalue weighted by molar-refractivity contribution is 7.92. The van der Waals surface area contributed by atoms with E-state index in [0.717, 1.165) is 23.3 Å². The van der Waals surface area contributed by atoms with Crippen LogP contribution in [0.3, 0.4) is 0 Å². The third-order valence-electron chi connectivity index (χ3n) is 5.56. The van der Waals surface area contributed by atoms with E-state index in [9.17, 15) is 8.42 Å². The summed E-state index contributed by atoms with van der Waals surface area (Å²) < 4.78 is 38.9. The van der Waals surface area contributed by atoms with Gasteiger partial charge in [0.1, 0.15) is 11.8 Å². The van der Waals surface area contributed by atoms with Crippen LogP contribution in [0.4, 0.5) is 11.4 Å². The van der Waals surface area contributed by atoms with Gasteiger partial charge in [-0.3, -0.25) is 9.71 Å². The maximum Gasteiger partial charge on any atom is 0.229 e. The summed E-state index contributed by atoms with van der Waals surface area (Å²) in [6.45, 7) is 1.26. The van der Waals surface area contributed by atoms with Gasteiger partial charge in [0.25, 0.3) is 0 Å². The number of hydrogen-bond acceptors (Lipinski definition) is 6. The fourth-order valence-electron chi connectivity index (χ4n) is 4.14. The van der Waals surface area contributed by atoms with E-state index in [1.807, 2.05) is 41.4 Å². The summed E-state index contributed by atoms with van der Waals surface area (Å²) in [6, 6.07) is 14.7. The average Bonchev–Trinajstić information content (AvgIpc) is 3.41. The summed E-state index contributed by atoms with van der Waals surface area (Å²) in [4.78, 5) is 6.59. The van der Waals surface area contributed by atoms with Gasteiger partial charge in [-0.05, 0) is 48.6 Å². The van der Waals surface area contributed by atoms with Gasteiger partial charge >= 0.3 is 0 Å². The zero-order valence-corrected chi connectivity index (χ0v) is 20.8. The second-order valence-corrected chi connectivity index (χ2v) is 10.0. The van der Waals surface area contributed by atoms with Gasteiger partial charge in [0.05, 0.1) is 37.4 Å². The Kier molecular flexibility index (Phi) is 7.05. The fourth-order valence-corrected chi connectivity index (χ4v) is 5.05. The molecular weight excluding hydrogens is 474 g/mol. The van der Waals surface area contributed by atoms with E-state index >= 15 is 0 Å². The van der Waals surface area contributed by atoms with Gasteiger partial charge in [0, 0.05) is 43.5 Å². The van der Waals surface area contributed by atoms with Gasteiger partial charge in [0.2, 0.25) is 10.0 Å². The molecule has 3 heterocycles. The van der Waals surface area contributed by atoms with E-state index in [0.29, 0.717) is 29.7 Å². The van der Waals surface area contributed by atoms with E-state index in [-0.39, 0.29) is 12.1 Å². The number of pyridine rings is 1. The summed E-state index contributed by atoms with van der Waals surface area (Å²) in [7, 11) is -0.289. The van der Waals surface area contributed by atoms with Gasteiger partial charge in [-0.2, -0.15) is 0 Å². The van der Waals surface area contributed by atoms with Gasteiger partial charge in [-0.25, -0.2) is 8.42 Å². The summed E-state index contributed by atoms with van der Waals surface area (Å²) in [5.74, 6) is 0.389. The molecule has 1 aliphatic rings. The monoisotopic (exact) mass is 501 g/mol. The van der Waals surface area contributed by atoms with Gasteiger partial charge in [-0.1, -0.05) is 6.07 Å². The number of hydrogen-bond donors (Lipinski definition) is 2. The van der Waals surface area contributed by atoms with Crippen LogP contribution >= 0.6 is 12.2 Å². The Morgan fingerprint density at radius 3 is 2.68 bits per heavy atom. The lowest BCUT2D eigenvalue weighted by molar-refractivity contribution is 0.186. The number of nitrogens with one attached hydrogen (secondary N) is 2. The number of sulfonamides is 1. The molecule has 0 unspecified atom stereocenters. The molecule has 3 aromatic rings. The molecule has 1 aliphatic heterocycles. The average molecular weight is 502 g/mol. The smallest absolute Gasteiger partial charge is 0.229 e. The fraction of sp³-hybridized carbons (Fsp3) is 0.304. The minimum absolute atomic E-state index is 0.204. The number of rotatable bonds is 9. The second kappa shape index (κ2) is 10.00. The maximum absolute atomic E-state index is 11.8. The van der Waals surface area contributed by atoms with Crippen molar-refractivity contribution in [2.75, 3.05) is 36.7 Å². The van der Waals surface area contributed by atoms with Crippen molar-refractivity contribution in [1.29, 1.82) is 0 Å². The van der Waals surface area contributed by atoms with Gasteiger partial charge in [0.15, 0.2) is 5.11 Å². The van der Waals surface area contributed by atoms with Crippen molar-refractivity contribution < 1.29 is 17.9 Å². The van der Waals surface area contributed by atoms with Crippen LogP contribution in [0.25, 0.3) is 0 Å². The topological polar surface area (TPSA) is 97.7 Å². The highest BCUT2D eigenvalue weighted by atomic mass is 32.2. The van der Waals surface area contributed by atoms with E-state index in [1.165, 1.54) is 7.11 Å². The molecule has 0 amide bonds. The number of ether oxygens (including phenoxy) is 2. The normalized spacial score (nSPS) is 18.1. The SMILES string of the molecule is COCCn1cccc1[C@@H]1[C@H](c2ccccn2)NC(=S)N1c1ccc(NS(C)(=O)=O)c(OC)c1. The molecule has 0 saturated carbocycles. The quantitative estimate of drug-likeness (QED) is 0.432. The van der Waals surface area contributed by atoms with E-state index < -0.39 is 10.0 Å². The highest BCUT2D eigenvalue weighted by Crippen LogP contribution is 2.43. The van der Waals surface area contributed by atoms with Crippen LogP contribution in [0.5, 0.6) is 5.75 Å². The molecule has 9 nitrogen and oxygen atoms in total. The first-order valence-electron chi connectivity index (χ1n) is 10.6. The number of thiocarbonyl (C=S) groups is 1. The summed E-state index contributed by atoms with van der Waals surface area (Å²) in [5.41, 5.74) is 3.01. The van der Waals surface area contributed by atoms with Crippen molar-refractivity contribution in [3.8, 4) is 5.75 Å². The molecule has 11 heteroatoms. The number of methoxy groups -OCH3 is 2. The third-order valence-corrected chi connectivity index (χ3v) is 6.47. The molecule has 34 heavy (non-hydrogen) atoms. The standard InChI is InChI=1S/C23H27N5O4S2/c1-31-14-13-27-12-6-8-19(27)22-21(18-7-4-5-11-24-18)25-23(33)28(22)16-9-10-17(20(15-16)32-2)26-34(3,29)30/h4-12,15,21-22,26H,13-14H2,1-3H3,(H,25,33)/t21-,22+/m0/s1. The van der Waals surface area contributed by atoms with Crippen molar-refractivity contribution in [3.63, 3.8) is 0 Å². The second-order valence-electron chi connectivity index (χ2n) is 7.87. The van der Waals surface area contributed by atoms with E-state index in [4.69, 9.17) is 21.7 Å². The Bertz CT molecular complexity index is 1260. The largest absolute Gasteiger partial charge is 0.494 e. The zero-order valence-electron chi connectivity index (χ0n) is 19.1. The van der Waals surface area contributed by atoms with Crippen molar-refractivity contribution in [2.24, 2.45) is 0 Å². The molecule has 0 aliphatic carbocycles. The molecule has 2 aromatic heterocycles. The molecule has 1 saturated heterocycles. The lowest BCUT2D eigenvalue weighted by atomic mass is 10.0. The Hall–Kier alpha value is -3.15. The number of anilines is 2. The number of nitrogens with zero attached hydrogens (tertiary/aromatic N) is 3. The predicted octanol–water partition coefficient (Wildman–Crippen LogP) is 3.09. The zero-order chi connectivity index (χ0) is 24.3. The molecule has 1 fully saturated rings. The molecule has 0 bridgehead atoms. The summed E-state index contributed by atoms with van der Waals surface area (Å²) in [5, 5.41) is 3.96. The first-order valence-corrected chi connectivity index (χ1v) is 12.9. The lowest BCUT2D eigenvalue weighted by Gasteiger charge is -2.29. The lowest BCUT2D eigenvalue weighted by Crippen LogP contribution is -2.30. The number of benzene rings is 1. The molecule has 4 rings (SSSR count). The Morgan fingerprint density at radius 2 is 2.00 bits per heavy atom. The molecule has 1 aromatic carbocycles.